The third-order valence-electron chi connectivity index (χ3n) is 5.71. The third-order valence-corrected chi connectivity index (χ3v) is 6.02. The Morgan fingerprint density at radius 2 is 1.35 bits per heavy atom. The normalized spacial score (nSPS) is 11.4. The fraction of sp³-hybridized carbons (Fsp3) is 0. The number of hydrogen-bond acceptors (Lipinski definition) is 2. The molecule has 0 aliphatic heterocycles. The molecular weight excluding hydrogens is 402 g/mol. The number of halogens is 1. The fourth-order valence-electron chi connectivity index (χ4n) is 4.32. The van der Waals surface area contributed by atoms with Crippen molar-refractivity contribution in [1.29, 1.82) is 0 Å². The Hall–Kier alpha value is -3.75. The van der Waals surface area contributed by atoms with Gasteiger partial charge in [-0.2, -0.15) is 0 Å². The van der Waals surface area contributed by atoms with Crippen LogP contribution in [-0.4, -0.2) is 0 Å². The molecule has 0 spiro atoms. The van der Waals surface area contributed by atoms with E-state index < -0.39 is 0 Å². The molecule has 3 heteroatoms. The fourth-order valence-corrected chi connectivity index (χ4v) is 4.59. The Balaban J connectivity index is 1.65. The smallest absolute Gasteiger partial charge is 0.136 e. The molecule has 0 aliphatic rings. The van der Waals surface area contributed by atoms with E-state index in [1.165, 1.54) is 10.8 Å². The summed E-state index contributed by atoms with van der Waals surface area (Å²) in [5.74, 6) is 0. The standard InChI is InChI=1S/C28H18ClNO/c29-24-13-7-15-27-28(24)23-18-21(16-17-26(23)31-27)30(20-10-2-1-3-11-20)25-14-6-9-19-8-4-5-12-22(19)25/h1-18H. The lowest BCUT2D eigenvalue weighted by atomic mass is 10.1. The molecule has 2 nitrogen and oxygen atoms in total. The molecule has 0 amide bonds. The van der Waals surface area contributed by atoms with Gasteiger partial charge in [-0.3, -0.25) is 0 Å². The van der Waals surface area contributed by atoms with E-state index >= 15 is 0 Å². The van der Waals surface area contributed by atoms with Crippen molar-refractivity contribution in [3.05, 3.63) is 114 Å². The van der Waals surface area contributed by atoms with E-state index in [0.29, 0.717) is 5.02 Å². The van der Waals surface area contributed by atoms with Crippen LogP contribution in [0.4, 0.5) is 17.1 Å². The maximum absolute atomic E-state index is 6.55. The van der Waals surface area contributed by atoms with Gasteiger partial charge in [0.05, 0.1) is 10.7 Å². The van der Waals surface area contributed by atoms with Gasteiger partial charge in [0.1, 0.15) is 11.2 Å². The lowest BCUT2D eigenvalue weighted by Gasteiger charge is -2.26. The SMILES string of the molecule is Clc1cccc2oc3ccc(N(c4ccccc4)c4cccc5ccccc45)cc3c12. The van der Waals surface area contributed by atoms with Crippen LogP contribution >= 0.6 is 11.6 Å². The quantitative estimate of drug-likeness (QED) is 0.284. The molecule has 31 heavy (non-hydrogen) atoms. The van der Waals surface area contributed by atoms with Crippen LogP contribution < -0.4 is 4.90 Å². The summed E-state index contributed by atoms with van der Waals surface area (Å²) >= 11 is 6.55. The van der Waals surface area contributed by atoms with E-state index in [4.69, 9.17) is 16.0 Å². The number of anilines is 3. The van der Waals surface area contributed by atoms with Crippen molar-refractivity contribution in [2.24, 2.45) is 0 Å². The van der Waals surface area contributed by atoms with Gasteiger partial charge in [0, 0.05) is 27.5 Å². The molecule has 0 N–H and O–H groups in total. The first-order valence-corrected chi connectivity index (χ1v) is 10.6. The lowest BCUT2D eigenvalue weighted by Crippen LogP contribution is -2.10. The molecule has 148 valence electrons. The highest BCUT2D eigenvalue weighted by atomic mass is 35.5. The van der Waals surface area contributed by atoms with Gasteiger partial charge in [-0.05, 0) is 53.9 Å². The van der Waals surface area contributed by atoms with E-state index in [-0.39, 0.29) is 0 Å². The Morgan fingerprint density at radius 1 is 0.581 bits per heavy atom. The predicted octanol–water partition coefficient (Wildman–Crippen LogP) is 8.86. The third kappa shape index (κ3) is 2.96. The molecule has 6 rings (SSSR count). The second kappa shape index (κ2) is 7.19. The van der Waals surface area contributed by atoms with Crippen molar-refractivity contribution in [3.8, 4) is 0 Å². The molecule has 0 atom stereocenters. The van der Waals surface area contributed by atoms with Gasteiger partial charge >= 0.3 is 0 Å². The molecule has 0 unspecified atom stereocenters. The highest BCUT2D eigenvalue weighted by molar-refractivity contribution is 6.37. The topological polar surface area (TPSA) is 16.4 Å². The Morgan fingerprint density at radius 3 is 2.26 bits per heavy atom. The number of nitrogens with zero attached hydrogens (tertiary/aromatic N) is 1. The Bertz CT molecular complexity index is 1550. The number of furan rings is 1. The average Bonchev–Trinajstić information content (AvgIpc) is 3.19. The number of fused-ring (bicyclic) bond motifs is 4. The van der Waals surface area contributed by atoms with Crippen LogP contribution in [0.25, 0.3) is 32.7 Å². The van der Waals surface area contributed by atoms with Crippen LogP contribution in [-0.2, 0) is 0 Å². The molecule has 0 radical (unpaired) electrons. The van der Waals surface area contributed by atoms with E-state index in [1.807, 2.05) is 30.3 Å². The van der Waals surface area contributed by atoms with Gasteiger partial charge in [-0.15, -0.1) is 0 Å². The number of benzene rings is 5. The summed E-state index contributed by atoms with van der Waals surface area (Å²) in [7, 11) is 0. The van der Waals surface area contributed by atoms with Crippen molar-refractivity contribution in [3.63, 3.8) is 0 Å². The average molecular weight is 420 g/mol. The van der Waals surface area contributed by atoms with E-state index in [9.17, 15) is 0 Å². The molecule has 0 bridgehead atoms. The second-order valence-corrected chi connectivity index (χ2v) is 7.97. The Kier molecular flexibility index (Phi) is 4.19. The largest absolute Gasteiger partial charge is 0.456 e. The zero-order valence-corrected chi connectivity index (χ0v) is 17.4. The summed E-state index contributed by atoms with van der Waals surface area (Å²) < 4.78 is 6.05. The van der Waals surface area contributed by atoms with Crippen molar-refractivity contribution in [2.75, 3.05) is 4.90 Å². The summed E-state index contributed by atoms with van der Waals surface area (Å²) in [6.07, 6.45) is 0. The van der Waals surface area contributed by atoms with E-state index in [1.54, 1.807) is 0 Å². The molecule has 5 aromatic carbocycles. The molecule has 0 saturated carbocycles. The summed E-state index contributed by atoms with van der Waals surface area (Å²) in [5.41, 5.74) is 4.91. The molecule has 0 fully saturated rings. The monoisotopic (exact) mass is 419 g/mol. The molecule has 1 aromatic heterocycles. The van der Waals surface area contributed by atoms with Crippen molar-refractivity contribution < 1.29 is 4.42 Å². The van der Waals surface area contributed by atoms with Crippen LogP contribution in [0.5, 0.6) is 0 Å². The van der Waals surface area contributed by atoms with Crippen molar-refractivity contribution in [2.45, 2.75) is 0 Å². The summed E-state index contributed by atoms with van der Waals surface area (Å²) in [4.78, 5) is 2.29. The minimum atomic E-state index is 0.699. The van der Waals surface area contributed by atoms with Crippen LogP contribution in [0.15, 0.2) is 114 Å². The molecule has 0 saturated heterocycles. The summed E-state index contributed by atoms with van der Waals surface area (Å²) in [6, 6.07) is 37.4. The zero-order chi connectivity index (χ0) is 20.8. The molecule has 1 heterocycles. The van der Waals surface area contributed by atoms with Crippen LogP contribution in [0.2, 0.25) is 5.02 Å². The first kappa shape index (κ1) is 18.1. The highest BCUT2D eigenvalue weighted by Crippen LogP contribution is 2.42. The lowest BCUT2D eigenvalue weighted by molar-refractivity contribution is 0.669. The minimum absolute atomic E-state index is 0.699. The maximum atomic E-state index is 6.55. The summed E-state index contributed by atoms with van der Waals surface area (Å²) in [6.45, 7) is 0. The number of hydrogen-bond donors (Lipinski definition) is 0. The second-order valence-electron chi connectivity index (χ2n) is 7.56. The highest BCUT2D eigenvalue weighted by Gasteiger charge is 2.17. The minimum Gasteiger partial charge on any atom is -0.456 e. The first-order valence-electron chi connectivity index (χ1n) is 10.2. The first-order chi connectivity index (χ1) is 15.3. The van der Waals surface area contributed by atoms with Gasteiger partial charge in [-0.1, -0.05) is 72.3 Å². The van der Waals surface area contributed by atoms with Gasteiger partial charge < -0.3 is 9.32 Å². The maximum Gasteiger partial charge on any atom is 0.136 e. The van der Waals surface area contributed by atoms with E-state index in [0.717, 1.165) is 39.0 Å². The Labute approximate surface area is 184 Å². The van der Waals surface area contributed by atoms with Gasteiger partial charge in [0.25, 0.3) is 0 Å². The van der Waals surface area contributed by atoms with Crippen LogP contribution in [0.3, 0.4) is 0 Å². The van der Waals surface area contributed by atoms with Crippen LogP contribution in [0, 0.1) is 0 Å². The molecule has 6 aromatic rings. The molecule has 0 aliphatic carbocycles. The number of para-hydroxylation sites is 1. The van der Waals surface area contributed by atoms with Gasteiger partial charge in [-0.25, -0.2) is 0 Å². The zero-order valence-electron chi connectivity index (χ0n) is 16.6. The van der Waals surface area contributed by atoms with E-state index in [2.05, 4.69) is 83.8 Å². The summed E-state index contributed by atoms with van der Waals surface area (Å²) in [5, 5.41) is 5.07. The van der Waals surface area contributed by atoms with Crippen molar-refractivity contribution in [1.82, 2.24) is 0 Å². The van der Waals surface area contributed by atoms with Gasteiger partial charge in [0.15, 0.2) is 0 Å². The predicted molar refractivity (Wildman–Crippen MR) is 131 cm³/mol. The van der Waals surface area contributed by atoms with Gasteiger partial charge in [0.2, 0.25) is 0 Å². The van der Waals surface area contributed by atoms with Crippen LogP contribution in [0.1, 0.15) is 0 Å². The molecular formula is C28H18ClNO. The number of rotatable bonds is 3. The van der Waals surface area contributed by atoms with Crippen molar-refractivity contribution >= 4 is 61.4 Å².